The smallest absolute Gasteiger partial charge is 0.274 e. The number of nitrogens with one attached hydrogen (secondary N) is 3. The Balaban J connectivity index is 0.00000160. The van der Waals surface area contributed by atoms with Crippen molar-refractivity contribution in [3.8, 4) is 0 Å². The van der Waals surface area contributed by atoms with Crippen LogP contribution >= 0.6 is 24.8 Å². The standard InChI is InChI=1S/C20H27N7O.2ClH/c1-13(2)11-17(19-22-15-5-3-4-6-16(15)23-19)24-20(28)18-12-27(26-25-18)14-7-9-21-10-8-14;;/h3-6,12-14,17,21H,7-11H2,1-2H3,(H,22,23)(H,24,28);2*1H. The summed E-state index contributed by atoms with van der Waals surface area (Å²) < 4.78 is 1.83. The van der Waals surface area contributed by atoms with Gasteiger partial charge in [-0.2, -0.15) is 0 Å². The van der Waals surface area contributed by atoms with Crippen LogP contribution in [0.5, 0.6) is 0 Å². The Morgan fingerprint density at radius 2 is 1.97 bits per heavy atom. The highest BCUT2D eigenvalue weighted by atomic mass is 35.5. The zero-order chi connectivity index (χ0) is 19.5. The van der Waals surface area contributed by atoms with E-state index in [1.165, 1.54) is 0 Å². The molecule has 3 heterocycles. The van der Waals surface area contributed by atoms with Gasteiger partial charge < -0.3 is 15.6 Å². The predicted octanol–water partition coefficient (Wildman–Crippen LogP) is 3.44. The molecule has 1 aliphatic heterocycles. The van der Waals surface area contributed by atoms with Gasteiger partial charge in [-0.05, 0) is 50.4 Å². The summed E-state index contributed by atoms with van der Waals surface area (Å²) in [6.07, 6.45) is 4.54. The van der Waals surface area contributed by atoms with E-state index in [1.807, 2.05) is 28.9 Å². The largest absolute Gasteiger partial charge is 0.341 e. The molecule has 10 heteroatoms. The molecule has 0 aliphatic carbocycles. The predicted molar refractivity (Wildman–Crippen MR) is 121 cm³/mol. The number of carbonyl (C=O) groups excluding carboxylic acids is 1. The summed E-state index contributed by atoms with van der Waals surface area (Å²) in [6, 6.07) is 7.99. The lowest BCUT2D eigenvalue weighted by Crippen LogP contribution is -2.31. The van der Waals surface area contributed by atoms with Crippen molar-refractivity contribution in [2.24, 2.45) is 5.92 Å². The summed E-state index contributed by atoms with van der Waals surface area (Å²) in [5, 5.41) is 14.7. The number of carbonyl (C=O) groups is 1. The van der Waals surface area contributed by atoms with Gasteiger partial charge in [0.1, 0.15) is 5.82 Å². The van der Waals surface area contributed by atoms with E-state index >= 15 is 0 Å². The van der Waals surface area contributed by atoms with Crippen LogP contribution in [0, 0.1) is 5.92 Å². The minimum atomic E-state index is -0.216. The first kappa shape index (κ1) is 24.1. The summed E-state index contributed by atoms with van der Waals surface area (Å²) in [7, 11) is 0. The number of amides is 1. The molecule has 0 spiro atoms. The zero-order valence-electron chi connectivity index (χ0n) is 17.2. The van der Waals surface area contributed by atoms with E-state index < -0.39 is 0 Å². The van der Waals surface area contributed by atoms with Crippen LogP contribution in [0.4, 0.5) is 0 Å². The van der Waals surface area contributed by atoms with Gasteiger partial charge in [0, 0.05) is 0 Å². The number of halogens is 2. The number of aromatic amines is 1. The van der Waals surface area contributed by atoms with Crippen molar-refractivity contribution in [1.29, 1.82) is 0 Å². The maximum absolute atomic E-state index is 12.8. The summed E-state index contributed by atoms with van der Waals surface area (Å²) in [4.78, 5) is 20.9. The lowest BCUT2D eigenvalue weighted by Gasteiger charge is -2.22. The molecular formula is C20H29Cl2N7O. The minimum Gasteiger partial charge on any atom is -0.341 e. The molecular weight excluding hydrogens is 425 g/mol. The maximum Gasteiger partial charge on any atom is 0.274 e. The number of benzene rings is 1. The molecule has 1 amide bonds. The van der Waals surface area contributed by atoms with Gasteiger partial charge in [-0.3, -0.25) is 4.79 Å². The van der Waals surface area contributed by atoms with Crippen molar-refractivity contribution in [3.05, 3.63) is 42.0 Å². The number of piperidine rings is 1. The lowest BCUT2D eigenvalue weighted by molar-refractivity contribution is 0.0925. The molecule has 0 radical (unpaired) electrons. The summed E-state index contributed by atoms with van der Waals surface area (Å²) in [6.45, 7) is 6.20. The van der Waals surface area contributed by atoms with Crippen molar-refractivity contribution in [3.63, 3.8) is 0 Å². The molecule has 1 fully saturated rings. The van der Waals surface area contributed by atoms with Crippen LogP contribution in [-0.4, -0.2) is 44.0 Å². The summed E-state index contributed by atoms with van der Waals surface area (Å²) >= 11 is 0. The molecule has 1 saturated heterocycles. The number of hydrogen-bond donors (Lipinski definition) is 3. The van der Waals surface area contributed by atoms with Crippen molar-refractivity contribution in [2.45, 2.75) is 45.2 Å². The van der Waals surface area contributed by atoms with Crippen LogP contribution in [0.1, 0.15) is 61.5 Å². The van der Waals surface area contributed by atoms with E-state index in [1.54, 1.807) is 6.20 Å². The normalized spacial score (nSPS) is 15.4. The maximum atomic E-state index is 12.8. The highest BCUT2D eigenvalue weighted by Gasteiger charge is 2.23. The fourth-order valence-electron chi connectivity index (χ4n) is 3.71. The third-order valence-electron chi connectivity index (χ3n) is 5.18. The Kier molecular flexibility index (Phi) is 8.64. The van der Waals surface area contributed by atoms with Gasteiger partial charge in [0.2, 0.25) is 0 Å². The fourth-order valence-corrected chi connectivity index (χ4v) is 3.71. The summed E-state index contributed by atoms with van der Waals surface area (Å²) in [5.74, 6) is 0.962. The highest BCUT2D eigenvalue weighted by molar-refractivity contribution is 5.92. The molecule has 3 N–H and O–H groups in total. The van der Waals surface area contributed by atoms with Crippen molar-refractivity contribution in [2.75, 3.05) is 13.1 Å². The molecule has 2 aromatic heterocycles. The molecule has 3 aromatic rings. The van der Waals surface area contributed by atoms with Crippen LogP contribution in [0.3, 0.4) is 0 Å². The first-order chi connectivity index (χ1) is 13.6. The molecule has 1 unspecified atom stereocenters. The Morgan fingerprint density at radius 1 is 1.23 bits per heavy atom. The first-order valence-electron chi connectivity index (χ1n) is 9.98. The van der Waals surface area contributed by atoms with Gasteiger partial charge >= 0.3 is 0 Å². The fraction of sp³-hybridized carbons (Fsp3) is 0.500. The number of nitrogens with zero attached hydrogens (tertiary/aromatic N) is 4. The van der Waals surface area contributed by atoms with Crippen LogP contribution < -0.4 is 10.6 Å². The second kappa shape index (κ2) is 10.7. The quantitative estimate of drug-likeness (QED) is 0.530. The number of para-hydroxylation sites is 2. The zero-order valence-corrected chi connectivity index (χ0v) is 18.8. The van der Waals surface area contributed by atoms with Gasteiger partial charge in [-0.25, -0.2) is 9.67 Å². The monoisotopic (exact) mass is 453 g/mol. The van der Waals surface area contributed by atoms with Gasteiger partial charge in [0.15, 0.2) is 5.69 Å². The van der Waals surface area contributed by atoms with Crippen molar-refractivity contribution < 1.29 is 4.79 Å². The molecule has 1 atom stereocenters. The Morgan fingerprint density at radius 3 is 2.67 bits per heavy atom. The third-order valence-corrected chi connectivity index (χ3v) is 5.18. The van der Waals surface area contributed by atoms with Crippen LogP contribution in [0.2, 0.25) is 0 Å². The molecule has 1 aromatic carbocycles. The van der Waals surface area contributed by atoms with E-state index in [2.05, 4.69) is 44.8 Å². The van der Waals surface area contributed by atoms with E-state index in [0.29, 0.717) is 17.7 Å². The third kappa shape index (κ3) is 5.50. The number of H-pyrrole nitrogens is 1. The molecule has 8 nitrogen and oxygen atoms in total. The van der Waals surface area contributed by atoms with E-state index in [9.17, 15) is 4.79 Å². The molecule has 1 aliphatic rings. The average molecular weight is 454 g/mol. The van der Waals surface area contributed by atoms with Crippen LogP contribution in [0.15, 0.2) is 30.5 Å². The molecule has 30 heavy (non-hydrogen) atoms. The molecule has 4 rings (SSSR count). The number of aromatic nitrogens is 5. The number of fused-ring (bicyclic) bond motifs is 1. The first-order valence-corrected chi connectivity index (χ1v) is 9.98. The Hall–Kier alpha value is -2.16. The van der Waals surface area contributed by atoms with E-state index in [0.717, 1.165) is 49.2 Å². The van der Waals surface area contributed by atoms with Crippen molar-refractivity contribution in [1.82, 2.24) is 35.6 Å². The summed E-state index contributed by atoms with van der Waals surface area (Å²) in [5.41, 5.74) is 2.22. The Labute approximate surface area is 188 Å². The topological polar surface area (TPSA) is 101 Å². The van der Waals surface area contributed by atoms with Crippen molar-refractivity contribution >= 4 is 41.8 Å². The molecule has 0 bridgehead atoms. The SMILES string of the molecule is CC(C)CC(NC(=O)c1cn(C2CCNCC2)nn1)c1nc2ccccc2[nH]1.Cl.Cl. The average Bonchev–Trinajstić information content (AvgIpc) is 3.35. The Bertz CT molecular complexity index is 916. The van der Waals surface area contributed by atoms with Crippen LogP contribution in [-0.2, 0) is 0 Å². The highest BCUT2D eigenvalue weighted by Crippen LogP contribution is 2.23. The van der Waals surface area contributed by atoms with Gasteiger partial charge in [0.05, 0.1) is 29.3 Å². The van der Waals surface area contributed by atoms with Gasteiger partial charge in [0.25, 0.3) is 5.91 Å². The van der Waals surface area contributed by atoms with Crippen LogP contribution in [0.25, 0.3) is 11.0 Å². The van der Waals surface area contributed by atoms with Gasteiger partial charge in [-0.1, -0.05) is 31.2 Å². The number of hydrogen-bond acceptors (Lipinski definition) is 5. The second-order valence-corrected chi connectivity index (χ2v) is 7.86. The van der Waals surface area contributed by atoms with E-state index in [-0.39, 0.29) is 36.8 Å². The second-order valence-electron chi connectivity index (χ2n) is 7.86. The molecule has 0 saturated carbocycles. The number of rotatable bonds is 6. The lowest BCUT2D eigenvalue weighted by atomic mass is 10.0. The van der Waals surface area contributed by atoms with Gasteiger partial charge in [-0.15, -0.1) is 29.9 Å². The minimum absolute atomic E-state index is 0. The molecule has 164 valence electrons. The number of imidazole rings is 1. The van der Waals surface area contributed by atoms with E-state index in [4.69, 9.17) is 0 Å².